The lowest BCUT2D eigenvalue weighted by molar-refractivity contribution is 0.0806. The summed E-state index contributed by atoms with van der Waals surface area (Å²) in [5, 5.41) is 8.45. The van der Waals surface area contributed by atoms with Crippen LogP contribution in [0.4, 0.5) is 0 Å². The van der Waals surface area contributed by atoms with Gasteiger partial charge < -0.3 is 10.1 Å². The molecular formula is C12H22ClN3O. The Kier molecular flexibility index (Phi) is 5.95. The van der Waals surface area contributed by atoms with Crippen molar-refractivity contribution in [1.82, 2.24) is 15.1 Å². The number of hydrogen-bond acceptors (Lipinski definition) is 3. The first-order valence-corrected chi connectivity index (χ1v) is 6.48. The van der Waals surface area contributed by atoms with E-state index >= 15 is 0 Å². The maximum Gasteiger partial charge on any atom is 0.0860 e. The Bertz CT molecular complexity index is 350. The van der Waals surface area contributed by atoms with Gasteiger partial charge in [-0.1, -0.05) is 11.6 Å². The highest BCUT2D eigenvalue weighted by Gasteiger charge is 2.11. The molecule has 0 unspecified atom stereocenters. The smallest absolute Gasteiger partial charge is 0.0860 e. The summed E-state index contributed by atoms with van der Waals surface area (Å²) < 4.78 is 7.39. The van der Waals surface area contributed by atoms with E-state index in [1.807, 2.05) is 25.5 Å². The molecule has 0 radical (unpaired) electrons. The van der Waals surface area contributed by atoms with E-state index in [4.69, 9.17) is 16.3 Å². The van der Waals surface area contributed by atoms with Gasteiger partial charge in [-0.05, 0) is 27.7 Å². The molecule has 0 bridgehead atoms. The lowest BCUT2D eigenvalue weighted by Gasteiger charge is -2.09. The minimum Gasteiger partial charge on any atom is -0.377 e. The highest BCUT2D eigenvalue weighted by Crippen LogP contribution is 2.19. The van der Waals surface area contributed by atoms with Crippen LogP contribution in [0.2, 0.25) is 5.02 Å². The SMILES string of the molecule is CCn1nc(C)c(Cl)c1CNCCOC(C)C. The Balaban J connectivity index is 2.41. The zero-order valence-electron chi connectivity index (χ0n) is 11.1. The number of halogens is 1. The number of nitrogens with one attached hydrogen (secondary N) is 1. The molecule has 1 heterocycles. The van der Waals surface area contributed by atoms with Crippen LogP contribution in [0.3, 0.4) is 0 Å². The summed E-state index contributed by atoms with van der Waals surface area (Å²) in [6, 6.07) is 0. The van der Waals surface area contributed by atoms with Crippen LogP contribution in [0, 0.1) is 6.92 Å². The van der Waals surface area contributed by atoms with Crippen LogP contribution < -0.4 is 5.32 Å². The lowest BCUT2D eigenvalue weighted by atomic mass is 10.3. The molecular weight excluding hydrogens is 238 g/mol. The number of hydrogen-bond donors (Lipinski definition) is 1. The van der Waals surface area contributed by atoms with Crippen molar-refractivity contribution in [2.45, 2.75) is 46.9 Å². The van der Waals surface area contributed by atoms with Gasteiger partial charge >= 0.3 is 0 Å². The zero-order chi connectivity index (χ0) is 12.8. The van der Waals surface area contributed by atoms with Gasteiger partial charge in [0.2, 0.25) is 0 Å². The van der Waals surface area contributed by atoms with E-state index in [1.54, 1.807) is 0 Å². The molecule has 1 N–H and O–H groups in total. The van der Waals surface area contributed by atoms with Crippen molar-refractivity contribution in [2.75, 3.05) is 13.2 Å². The first-order valence-electron chi connectivity index (χ1n) is 6.10. The monoisotopic (exact) mass is 259 g/mol. The van der Waals surface area contributed by atoms with E-state index in [2.05, 4.69) is 17.3 Å². The number of aromatic nitrogens is 2. The molecule has 0 saturated carbocycles. The van der Waals surface area contributed by atoms with Gasteiger partial charge in [0.05, 0.1) is 29.1 Å². The van der Waals surface area contributed by atoms with E-state index in [-0.39, 0.29) is 6.10 Å². The van der Waals surface area contributed by atoms with E-state index in [9.17, 15) is 0 Å². The van der Waals surface area contributed by atoms with Gasteiger partial charge in [-0.25, -0.2) is 0 Å². The Hall–Kier alpha value is -0.580. The number of ether oxygens (including phenoxy) is 1. The summed E-state index contributed by atoms with van der Waals surface area (Å²) in [5.41, 5.74) is 1.94. The van der Waals surface area contributed by atoms with E-state index in [1.165, 1.54) is 0 Å². The van der Waals surface area contributed by atoms with Crippen molar-refractivity contribution in [1.29, 1.82) is 0 Å². The summed E-state index contributed by atoms with van der Waals surface area (Å²) in [5.74, 6) is 0. The second-order valence-electron chi connectivity index (χ2n) is 4.26. The molecule has 0 spiro atoms. The van der Waals surface area contributed by atoms with Crippen molar-refractivity contribution in [3.8, 4) is 0 Å². The van der Waals surface area contributed by atoms with Crippen molar-refractivity contribution < 1.29 is 4.74 Å². The second-order valence-corrected chi connectivity index (χ2v) is 4.64. The molecule has 0 amide bonds. The van der Waals surface area contributed by atoms with Crippen LogP contribution >= 0.6 is 11.6 Å². The molecule has 0 aliphatic heterocycles. The summed E-state index contributed by atoms with van der Waals surface area (Å²) >= 11 is 6.20. The minimum absolute atomic E-state index is 0.281. The molecule has 1 rings (SSSR count). The highest BCUT2D eigenvalue weighted by atomic mass is 35.5. The first kappa shape index (κ1) is 14.5. The average Bonchev–Trinajstić information content (AvgIpc) is 2.55. The molecule has 0 saturated heterocycles. The third-order valence-electron chi connectivity index (χ3n) is 2.48. The van der Waals surface area contributed by atoms with Gasteiger partial charge in [0.25, 0.3) is 0 Å². The molecule has 5 heteroatoms. The topological polar surface area (TPSA) is 39.1 Å². The molecule has 1 aromatic rings. The summed E-state index contributed by atoms with van der Waals surface area (Å²) in [6.07, 6.45) is 0.281. The maximum absolute atomic E-state index is 6.20. The van der Waals surface area contributed by atoms with Gasteiger partial charge in [-0.15, -0.1) is 0 Å². The largest absolute Gasteiger partial charge is 0.377 e. The van der Waals surface area contributed by atoms with Crippen LogP contribution in [0.15, 0.2) is 0 Å². The molecule has 17 heavy (non-hydrogen) atoms. The predicted octanol–water partition coefficient (Wildman–Crippen LogP) is 2.38. The summed E-state index contributed by atoms with van der Waals surface area (Å²) in [4.78, 5) is 0. The standard InChI is InChI=1S/C12H22ClN3O/c1-5-16-11(12(13)10(4)15-16)8-14-6-7-17-9(2)3/h9,14H,5-8H2,1-4H3. The number of nitrogens with zero attached hydrogens (tertiary/aromatic N) is 2. The minimum atomic E-state index is 0.281. The quantitative estimate of drug-likeness (QED) is 0.765. The van der Waals surface area contributed by atoms with Crippen LogP contribution in [-0.2, 0) is 17.8 Å². The fourth-order valence-electron chi connectivity index (χ4n) is 1.61. The first-order chi connectivity index (χ1) is 8.06. The van der Waals surface area contributed by atoms with Crippen LogP contribution in [0.1, 0.15) is 32.2 Å². The van der Waals surface area contributed by atoms with E-state index < -0.39 is 0 Å². The van der Waals surface area contributed by atoms with Crippen molar-refractivity contribution in [2.24, 2.45) is 0 Å². The fraction of sp³-hybridized carbons (Fsp3) is 0.750. The molecule has 0 atom stereocenters. The van der Waals surface area contributed by atoms with Crippen molar-refractivity contribution in [3.05, 3.63) is 16.4 Å². The highest BCUT2D eigenvalue weighted by molar-refractivity contribution is 6.31. The summed E-state index contributed by atoms with van der Waals surface area (Å²) in [7, 11) is 0. The lowest BCUT2D eigenvalue weighted by Crippen LogP contribution is -2.22. The number of rotatable bonds is 7. The molecule has 0 aromatic carbocycles. The van der Waals surface area contributed by atoms with Gasteiger partial charge in [0, 0.05) is 19.6 Å². The van der Waals surface area contributed by atoms with E-state index in [0.29, 0.717) is 6.61 Å². The van der Waals surface area contributed by atoms with Gasteiger partial charge in [0.1, 0.15) is 0 Å². The van der Waals surface area contributed by atoms with Crippen LogP contribution in [0.5, 0.6) is 0 Å². The third-order valence-corrected chi connectivity index (χ3v) is 2.97. The second kappa shape index (κ2) is 6.99. The van der Waals surface area contributed by atoms with Gasteiger partial charge in [-0.3, -0.25) is 4.68 Å². The normalized spacial score (nSPS) is 11.4. The Morgan fingerprint density at radius 2 is 2.18 bits per heavy atom. The van der Waals surface area contributed by atoms with Crippen LogP contribution in [0.25, 0.3) is 0 Å². The zero-order valence-corrected chi connectivity index (χ0v) is 11.8. The van der Waals surface area contributed by atoms with Crippen molar-refractivity contribution >= 4 is 11.6 Å². The molecule has 0 aliphatic carbocycles. The molecule has 4 nitrogen and oxygen atoms in total. The van der Waals surface area contributed by atoms with Crippen LogP contribution in [-0.4, -0.2) is 29.0 Å². The fourth-order valence-corrected chi connectivity index (χ4v) is 1.81. The molecule has 1 aromatic heterocycles. The molecule has 0 aliphatic rings. The Morgan fingerprint density at radius 1 is 1.47 bits per heavy atom. The summed E-state index contributed by atoms with van der Waals surface area (Å²) in [6.45, 7) is 11.2. The third kappa shape index (κ3) is 4.30. The number of aryl methyl sites for hydroxylation is 2. The molecule has 98 valence electrons. The molecule has 0 fully saturated rings. The maximum atomic E-state index is 6.20. The van der Waals surface area contributed by atoms with Gasteiger partial charge in [-0.2, -0.15) is 5.10 Å². The van der Waals surface area contributed by atoms with E-state index in [0.717, 1.165) is 36.0 Å². The van der Waals surface area contributed by atoms with Crippen molar-refractivity contribution in [3.63, 3.8) is 0 Å². The Morgan fingerprint density at radius 3 is 2.76 bits per heavy atom. The average molecular weight is 260 g/mol. The predicted molar refractivity (Wildman–Crippen MR) is 70.4 cm³/mol. The Labute approximate surface area is 108 Å². The van der Waals surface area contributed by atoms with Gasteiger partial charge in [0.15, 0.2) is 0 Å².